The fraction of sp³-hybridized carbons (Fsp3) is 0.500. The molecule has 1 aromatic heterocycles. The summed E-state index contributed by atoms with van der Waals surface area (Å²) < 4.78 is 4.88. The number of ether oxygens (including phenoxy) is 1. The van der Waals surface area contributed by atoms with Gasteiger partial charge in [0, 0.05) is 25.9 Å². The molecule has 112 valence electrons. The summed E-state index contributed by atoms with van der Waals surface area (Å²) in [5, 5.41) is 20.5. The normalized spacial score (nSPS) is 10.3. The first-order chi connectivity index (χ1) is 9.49. The molecule has 1 aromatic rings. The number of carboxylic acids is 1. The Bertz CT molecular complexity index is 472. The van der Waals surface area contributed by atoms with E-state index < -0.39 is 12.0 Å². The summed E-state index contributed by atoms with van der Waals surface area (Å²) in [5.41, 5.74) is 0.746. The summed E-state index contributed by atoms with van der Waals surface area (Å²) in [6.45, 7) is 2.27. The van der Waals surface area contributed by atoms with Crippen molar-refractivity contribution in [2.75, 3.05) is 38.7 Å². The lowest BCUT2D eigenvalue weighted by Gasteiger charge is -2.21. The van der Waals surface area contributed by atoms with E-state index >= 15 is 0 Å². The lowest BCUT2D eigenvalue weighted by Crippen LogP contribution is -2.39. The molecular weight excluding hydrogens is 266 g/mol. The summed E-state index contributed by atoms with van der Waals surface area (Å²) >= 11 is 0. The third-order valence-electron chi connectivity index (χ3n) is 2.63. The highest BCUT2D eigenvalue weighted by atomic mass is 16.5. The van der Waals surface area contributed by atoms with Crippen molar-refractivity contribution in [1.82, 2.24) is 9.88 Å². The zero-order chi connectivity index (χ0) is 15.1. The molecule has 0 aromatic carbocycles. The lowest BCUT2D eigenvalue weighted by molar-refractivity contribution is 0.0692. The minimum absolute atomic E-state index is 0.0773. The molecule has 0 aliphatic carbocycles. The van der Waals surface area contributed by atoms with Gasteiger partial charge in [-0.2, -0.15) is 0 Å². The first-order valence-electron chi connectivity index (χ1n) is 6.08. The topological polar surface area (TPSA) is 115 Å². The summed E-state index contributed by atoms with van der Waals surface area (Å²) in [6.07, 6.45) is 0. The molecule has 1 heterocycles. The van der Waals surface area contributed by atoms with Gasteiger partial charge in [0.2, 0.25) is 0 Å². The van der Waals surface area contributed by atoms with Crippen LogP contribution in [0.15, 0.2) is 6.07 Å². The van der Waals surface area contributed by atoms with Crippen LogP contribution in [-0.2, 0) is 4.74 Å². The van der Waals surface area contributed by atoms with Gasteiger partial charge in [-0.05, 0) is 13.0 Å². The Morgan fingerprint density at radius 1 is 1.45 bits per heavy atom. The first kappa shape index (κ1) is 16.0. The van der Waals surface area contributed by atoms with Gasteiger partial charge in [0.1, 0.15) is 5.69 Å². The number of methoxy groups -OCH3 is 1. The van der Waals surface area contributed by atoms with Crippen LogP contribution < -0.4 is 5.32 Å². The molecular formula is C12H19N3O5. The minimum atomic E-state index is -1.15. The number of hydrogen-bond acceptors (Lipinski definition) is 4. The van der Waals surface area contributed by atoms with Crippen molar-refractivity contribution in [2.45, 2.75) is 6.92 Å². The summed E-state index contributed by atoms with van der Waals surface area (Å²) in [6, 6.07) is 1.05. The average Bonchev–Trinajstić information content (AvgIpc) is 2.75. The van der Waals surface area contributed by atoms with Crippen LogP contribution in [0.1, 0.15) is 16.2 Å². The van der Waals surface area contributed by atoms with Crippen LogP contribution >= 0.6 is 0 Å². The van der Waals surface area contributed by atoms with E-state index in [0.717, 1.165) is 0 Å². The van der Waals surface area contributed by atoms with Crippen LogP contribution in [0.5, 0.6) is 0 Å². The van der Waals surface area contributed by atoms with Gasteiger partial charge in [0.15, 0.2) is 0 Å². The number of carboxylic acid groups (broad SMARTS) is 1. The van der Waals surface area contributed by atoms with Crippen molar-refractivity contribution >= 4 is 17.7 Å². The first-order valence-corrected chi connectivity index (χ1v) is 6.08. The Balaban J connectivity index is 2.79. The second-order valence-corrected chi connectivity index (χ2v) is 4.18. The second kappa shape index (κ2) is 7.51. The quantitative estimate of drug-likeness (QED) is 0.582. The number of hydrogen-bond donors (Lipinski definition) is 4. The number of aryl methyl sites for hydroxylation is 1. The van der Waals surface area contributed by atoms with Gasteiger partial charge < -0.3 is 30.2 Å². The second-order valence-electron chi connectivity index (χ2n) is 4.18. The van der Waals surface area contributed by atoms with Crippen LogP contribution in [0.4, 0.5) is 10.5 Å². The molecule has 0 saturated carbocycles. The van der Waals surface area contributed by atoms with Crippen molar-refractivity contribution in [1.29, 1.82) is 0 Å². The number of aliphatic hydroxyl groups is 1. The van der Waals surface area contributed by atoms with E-state index in [2.05, 4.69) is 10.3 Å². The molecule has 0 fully saturated rings. The van der Waals surface area contributed by atoms with Crippen LogP contribution in [0.25, 0.3) is 0 Å². The molecule has 0 aliphatic rings. The number of aromatic amines is 1. The number of H-pyrrole nitrogens is 1. The molecule has 20 heavy (non-hydrogen) atoms. The highest BCUT2D eigenvalue weighted by molar-refractivity contribution is 5.99. The SMILES string of the molecule is COCCN(CCO)C(=O)Nc1cc(C)[nH]c1C(=O)O. The third kappa shape index (κ3) is 4.25. The Hall–Kier alpha value is -2.06. The van der Waals surface area contributed by atoms with Crippen LogP contribution in [0.2, 0.25) is 0 Å². The van der Waals surface area contributed by atoms with E-state index in [1.807, 2.05) is 0 Å². The summed E-state index contributed by atoms with van der Waals surface area (Å²) in [5.74, 6) is -1.15. The van der Waals surface area contributed by atoms with Gasteiger partial charge in [-0.3, -0.25) is 0 Å². The molecule has 8 nitrogen and oxygen atoms in total. The van der Waals surface area contributed by atoms with Gasteiger partial charge in [-0.15, -0.1) is 0 Å². The predicted octanol–water partition coefficient (Wildman–Crippen LogP) is 0.494. The molecule has 0 aliphatic heterocycles. The maximum atomic E-state index is 12.0. The summed E-state index contributed by atoms with van der Waals surface area (Å²) in [4.78, 5) is 27.1. The van der Waals surface area contributed by atoms with E-state index in [9.17, 15) is 9.59 Å². The van der Waals surface area contributed by atoms with E-state index in [4.69, 9.17) is 14.9 Å². The van der Waals surface area contributed by atoms with Gasteiger partial charge in [0.05, 0.1) is 18.9 Å². The number of urea groups is 1. The van der Waals surface area contributed by atoms with Gasteiger partial charge >= 0.3 is 12.0 Å². The maximum absolute atomic E-state index is 12.0. The molecule has 4 N–H and O–H groups in total. The number of amides is 2. The third-order valence-corrected chi connectivity index (χ3v) is 2.63. The van der Waals surface area contributed by atoms with Crippen LogP contribution in [0.3, 0.4) is 0 Å². The summed E-state index contributed by atoms with van der Waals surface area (Å²) in [7, 11) is 1.51. The molecule has 0 spiro atoms. The molecule has 0 atom stereocenters. The fourth-order valence-electron chi connectivity index (χ4n) is 1.69. The van der Waals surface area contributed by atoms with Crippen molar-refractivity contribution in [2.24, 2.45) is 0 Å². The van der Waals surface area contributed by atoms with Crippen molar-refractivity contribution < 1.29 is 24.5 Å². The van der Waals surface area contributed by atoms with Crippen molar-refractivity contribution in [3.05, 3.63) is 17.5 Å². The Morgan fingerprint density at radius 3 is 2.70 bits per heavy atom. The highest BCUT2D eigenvalue weighted by Crippen LogP contribution is 2.17. The van der Waals surface area contributed by atoms with Crippen LogP contribution in [-0.4, -0.2) is 65.5 Å². The molecule has 2 amide bonds. The average molecular weight is 285 g/mol. The number of carbonyl (C=O) groups excluding carboxylic acids is 1. The minimum Gasteiger partial charge on any atom is -0.477 e. The van der Waals surface area contributed by atoms with Gasteiger partial charge in [-0.1, -0.05) is 0 Å². The number of aromatic carboxylic acids is 1. The zero-order valence-corrected chi connectivity index (χ0v) is 11.5. The van der Waals surface area contributed by atoms with Crippen molar-refractivity contribution in [3.63, 3.8) is 0 Å². The van der Waals surface area contributed by atoms with Crippen molar-refractivity contribution in [3.8, 4) is 0 Å². The number of aliphatic hydroxyl groups excluding tert-OH is 1. The van der Waals surface area contributed by atoms with E-state index in [-0.39, 0.29) is 24.5 Å². The smallest absolute Gasteiger partial charge is 0.354 e. The van der Waals surface area contributed by atoms with Gasteiger partial charge in [0.25, 0.3) is 0 Å². The largest absolute Gasteiger partial charge is 0.477 e. The fourth-order valence-corrected chi connectivity index (χ4v) is 1.69. The zero-order valence-electron chi connectivity index (χ0n) is 11.5. The Morgan fingerprint density at radius 2 is 2.15 bits per heavy atom. The lowest BCUT2D eigenvalue weighted by atomic mass is 10.3. The molecule has 8 heteroatoms. The molecule has 1 rings (SSSR count). The number of carbonyl (C=O) groups is 2. The maximum Gasteiger partial charge on any atom is 0.354 e. The number of nitrogens with zero attached hydrogens (tertiary/aromatic N) is 1. The van der Waals surface area contributed by atoms with Crippen LogP contribution in [0, 0.1) is 6.92 Å². The number of anilines is 1. The van der Waals surface area contributed by atoms with E-state index in [1.54, 1.807) is 6.92 Å². The Kier molecular flexibility index (Phi) is 6.01. The molecule has 0 bridgehead atoms. The highest BCUT2D eigenvalue weighted by Gasteiger charge is 2.18. The Labute approximate surface area is 116 Å². The number of nitrogens with one attached hydrogen (secondary N) is 2. The standard InChI is InChI=1S/C12H19N3O5/c1-8-7-9(10(13-8)11(17)18)14-12(19)15(3-5-16)4-6-20-2/h7,13,16H,3-6H2,1-2H3,(H,14,19)(H,17,18). The predicted molar refractivity (Wildman–Crippen MR) is 72.0 cm³/mol. The molecule has 0 saturated heterocycles. The van der Waals surface area contributed by atoms with E-state index in [0.29, 0.717) is 18.8 Å². The molecule has 0 unspecified atom stereocenters. The number of aromatic nitrogens is 1. The number of rotatable bonds is 7. The monoisotopic (exact) mass is 285 g/mol. The molecule has 0 radical (unpaired) electrons. The van der Waals surface area contributed by atoms with E-state index in [1.165, 1.54) is 18.1 Å². The van der Waals surface area contributed by atoms with Gasteiger partial charge in [-0.25, -0.2) is 9.59 Å².